The Morgan fingerprint density at radius 3 is 2.42 bits per heavy atom. The fourth-order valence-corrected chi connectivity index (χ4v) is 2.36. The summed E-state index contributed by atoms with van der Waals surface area (Å²) in [6.07, 6.45) is 3.98. The second kappa shape index (κ2) is 7.31. The Kier molecular flexibility index (Phi) is 6.06. The number of benzene rings is 1. The van der Waals surface area contributed by atoms with E-state index in [1.54, 1.807) is 0 Å². The lowest BCUT2D eigenvalue weighted by atomic mass is 9.96. The molecule has 1 unspecified atom stereocenters. The third kappa shape index (κ3) is 3.82. The van der Waals surface area contributed by atoms with Crippen LogP contribution in [-0.4, -0.2) is 23.9 Å². The zero-order valence-electron chi connectivity index (χ0n) is 11.0. The van der Waals surface area contributed by atoms with Crippen LogP contribution in [0.1, 0.15) is 24.4 Å². The lowest BCUT2D eigenvalue weighted by Gasteiger charge is -2.32. The maximum absolute atomic E-state index is 12.3. The molecule has 19 heavy (non-hydrogen) atoms. The number of carbonyl (C=O) groups excluding carboxylic acids is 1. The van der Waals surface area contributed by atoms with Crippen molar-refractivity contribution in [2.45, 2.75) is 18.9 Å². The fourth-order valence-electron chi connectivity index (χ4n) is 2.36. The number of rotatable bonds is 3. The third-order valence-corrected chi connectivity index (χ3v) is 3.61. The van der Waals surface area contributed by atoms with Crippen LogP contribution >= 0.6 is 12.4 Å². The van der Waals surface area contributed by atoms with Gasteiger partial charge >= 0.3 is 0 Å². The number of likely N-dealkylation sites (tertiary alicyclic amines) is 1. The van der Waals surface area contributed by atoms with Crippen LogP contribution in [-0.2, 0) is 4.79 Å². The van der Waals surface area contributed by atoms with Crippen LogP contribution in [0.5, 0.6) is 0 Å². The van der Waals surface area contributed by atoms with Crippen molar-refractivity contribution < 1.29 is 4.79 Å². The lowest BCUT2D eigenvalue weighted by Crippen LogP contribution is -2.43. The smallest absolute Gasteiger partial charge is 0.244 e. The standard InChI is InChI=1S/C15H20N2O.ClH/c1-2-12-8-10-17(11-9-12)15(18)14(16)13-6-4-3-5-7-13;/h2-7,12,14H,1,8-11,16H2;1H. The number of nitrogens with zero attached hydrogens (tertiary/aromatic N) is 1. The van der Waals surface area contributed by atoms with E-state index in [4.69, 9.17) is 5.73 Å². The van der Waals surface area contributed by atoms with Gasteiger partial charge in [0.25, 0.3) is 0 Å². The SMILES string of the molecule is C=CC1CCN(C(=O)C(N)c2ccccc2)CC1.Cl. The highest BCUT2D eigenvalue weighted by Gasteiger charge is 2.25. The molecule has 2 N–H and O–H groups in total. The van der Waals surface area contributed by atoms with E-state index in [0.717, 1.165) is 31.5 Å². The first kappa shape index (κ1) is 15.7. The number of nitrogens with two attached hydrogens (primary N) is 1. The van der Waals surface area contributed by atoms with E-state index in [9.17, 15) is 4.79 Å². The zero-order chi connectivity index (χ0) is 13.0. The van der Waals surface area contributed by atoms with Gasteiger partial charge in [0.2, 0.25) is 5.91 Å². The molecule has 1 fully saturated rings. The summed E-state index contributed by atoms with van der Waals surface area (Å²) in [4.78, 5) is 14.1. The summed E-state index contributed by atoms with van der Waals surface area (Å²) in [6.45, 7) is 5.38. The van der Waals surface area contributed by atoms with Crippen molar-refractivity contribution >= 4 is 18.3 Å². The van der Waals surface area contributed by atoms with E-state index < -0.39 is 6.04 Å². The van der Waals surface area contributed by atoms with Gasteiger partial charge in [0.05, 0.1) is 0 Å². The van der Waals surface area contributed by atoms with Gasteiger partial charge in [-0.25, -0.2) is 0 Å². The number of hydrogen-bond donors (Lipinski definition) is 1. The maximum Gasteiger partial charge on any atom is 0.244 e. The molecule has 1 amide bonds. The molecule has 0 saturated carbocycles. The van der Waals surface area contributed by atoms with Crippen LogP contribution in [0, 0.1) is 5.92 Å². The molecule has 1 aliphatic heterocycles. The predicted molar refractivity (Wildman–Crippen MR) is 80.1 cm³/mol. The molecular formula is C15H21ClN2O. The Balaban J connectivity index is 0.00000180. The highest BCUT2D eigenvalue weighted by atomic mass is 35.5. The van der Waals surface area contributed by atoms with Gasteiger partial charge in [-0.2, -0.15) is 0 Å². The molecule has 0 radical (unpaired) electrons. The zero-order valence-corrected chi connectivity index (χ0v) is 11.8. The van der Waals surface area contributed by atoms with E-state index in [-0.39, 0.29) is 18.3 Å². The minimum absolute atomic E-state index is 0. The fraction of sp³-hybridized carbons (Fsp3) is 0.400. The Morgan fingerprint density at radius 2 is 1.89 bits per heavy atom. The average Bonchev–Trinajstić information content (AvgIpc) is 2.47. The summed E-state index contributed by atoms with van der Waals surface area (Å²) in [5.41, 5.74) is 6.91. The minimum atomic E-state index is -0.536. The van der Waals surface area contributed by atoms with Crippen molar-refractivity contribution in [2.24, 2.45) is 11.7 Å². The Labute approximate surface area is 120 Å². The molecule has 3 nitrogen and oxygen atoms in total. The number of amides is 1. The molecular weight excluding hydrogens is 260 g/mol. The van der Waals surface area contributed by atoms with Crippen LogP contribution in [0.3, 0.4) is 0 Å². The minimum Gasteiger partial charge on any atom is -0.341 e. The Morgan fingerprint density at radius 1 is 1.32 bits per heavy atom. The van der Waals surface area contributed by atoms with Gasteiger partial charge in [-0.3, -0.25) is 4.79 Å². The number of hydrogen-bond acceptors (Lipinski definition) is 2. The van der Waals surface area contributed by atoms with Gasteiger partial charge in [0.15, 0.2) is 0 Å². The second-order valence-electron chi connectivity index (χ2n) is 4.79. The van der Waals surface area contributed by atoms with Crippen LogP contribution in [0.4, 0.5) is 0 Å². The third-order valence-electron chi connectivity index (χ3n) is 3.61. The van der Waals surface area contributed by atoms with Gasteiger partial charge in [-0.05, 0) is 24.3 Å². The van der Waals surface area contributed by atoms with Gasteiger partial charge in [0, 0.05) is 13.1 Å². The quantitative estimate of drug-likeness (QED) is 0.865. The normalized spacial score (nSPS) is 17.4. The molecule has 1 saturated heterocycles. The monoisotopic (exact) mass is 280 g/mol. The molecule has 2 rings (SSSR count). The molecule has 1 aliphatic rings. The summed E-state index contributed by atoms with van der Waals surface area (Å²) >= 11 is 0. The molecule has 1 atom stereocenters. The van der Waals surface area contributed by atoms with Gasteiger partial charge < -0.3 is 10.6 Å². The number of halogens is 1. The van der Waals surface area contributed by atoms with Gasteiger partial charge in [-0.1, -0.05) is 36.4 Å². The van der Waals surface area contributed by atoms with Crippen LogP contribution < -0.4 is 5.73 Å². The molecule has 1 heterocycles. The molecule has 0 aliphatic carbocycles. The number of allylic oxidation sites excluding steroid dienone is 1. The summed E-state index contributed by atoms with van der Waals surface area (Å²) in [5.74, 6) is 0.575. The largest absolute Gasteiger partial charge is 0.341 e. The predicted octanol–water partition coefficient (Wildman–Crippen LogP) is 2.53. The van der Waals surface area contributed by atoms with E-state index in [0.29, 0.717) is 5.92 Å². The topological polar surface area (TPSA) is 46.3 Å². The highest BCUT2D eigenvalue weighted by Crippen LogP contribution is 2.21. The first-order valence-corrected chi connectivity index (χ1v) is 6.44. The van der Waals surface area contributed by atoms with Crippen molar-refractivity contribution in [1.82, 2.24) is 4.90 Å². The second-order valence-corrected chi connectivity index (χ2v) is 4.79. The maximum atomic E-state index is 12.3. The first-order chi connectivity index (χ1) is 8.72. The first-order valence-electron chi connectivity index (χ1n) is 6.44. The average molecular weight is 281 g/mol. The van der Waals surface area contributed by atoms with Gasteiger partial charge in [-0.15, -0.1) is 19.0 Å². The van der Waals surface area contributed by atoms with Crippen molar-refractivity contribution in [3.05, 3.63) is 48.6 Å². The Bertz CT molecular complexity index is 413. The van der Waals surface area contributed by atoms with Crippen LogP contribution in [0.15, 0.2) is 43.0 Å². The van der Waals surface area contributed by atoms with Crippen LogP contribution in [0.25, 0.3) is 0 Å². The van der Waals surface area contributed by atoms with E-state index >= 15 is 0 Å². The van der Waals surface area contributed by atoms with Crippen molar-refractivity contribution in [1.29, 1.82) is 0 Å². The van der Waals surface area contributed by atoms with E-state index in [1.807, 2.05) is 41.3 Å². The molecule has 104 valence electrons. The number of carbonyl (C=O) groups is 1. The molecule has 4 heteroatoms. The van der Waals surface area contributed by atoms with Gasteiger partial charge in [0.1, 0.15) is 6.04 Å². The molecule has 1 aromatic carbocycles. The lowest BCUT2D eigenvalue weighted by molar-refractivity contribution is -0.133. The highest BCUT2D eigenvalue weighted by molar-refractivity contribution is 5.85. The molecule has 0 aromatic heterocycles. The van der Waals surface area contributed by atoms with Crippen molar-refractivity contribution in [3.63, 3.8) is 0 Å². The van der Waals surface area contributed by atoms with E-state index in [1.165, 1.54) is 0 Å². The van der Waals surface area contributed by atoms with Crippen molar-refractivity contribution in [2.75, 3.05) is 13.1 Å². The number of piperidine rings is 1. The molecule has 0 spiro atoms. The Hall–Kier alpha value is -1.32. The molecule has 1 aromatic rings. The summed E-state index contributed by atoms with van der Waals surface area (Å²) in [5, 5.41) is 0. The van der Waals surface area contributed by atoms with Crippen molar-refractivity contribution in [3.8, 4) is 0 Å². The van der Waals surface area contributed by atoms with Crippen LogP contribution in [0.2, 0.25) is 0 Å². The summed E-state index contributed by atoms with van der Waals surface area (Å²) in [6, 6.07) is 9.01. The summed E-state index contributed by atoms with van der Waals surface area (Å²) < 4.78 is 0. The molecule has 0 bridgehead atoms. The summed E-state index contributed by atoms with van der Waals surface area (Å²) in [7, 11) is 0. The van der Waals surface area contributed by atoms with E-state index in [2.05, 4.69) is 6.58 Å².